The molecule has 1 aromatic heterocycles. The van der Waals surface area contributed by atoms with Gasteiger partial charge in [-0.1, -0.05) is 53.7 Å². The number of halogens is 1. The number of nitrogens with zero attached hydrogens (tertiary/aromatic N) is 4. The van der Waals surface area contributed by atoms with Crippen LogP contribution in [0.15, 0.2) is 65.8 Å². The Bertz CT molecular complexity index is 1430. The molecule has 0 aliphatic carbocycles. The van der Waals surface area contributed by atoms with Gasteiger partial charge in [-0.25, -0.2) is 0 Å². The van der Waals surface area contributed by atoms with Gasteiger partial charge in [0.2, 0.25) is 6.54 Å². The minimum Gasteiger partial charge on any atom is -0.493 e. The number of hydrogen-bond donors (Lipinski definition) is 0. The van der Waals surface area contributed by atoms with Crippen LogP contribution in [0.4, 0.5) is 0 Å². The van der Waals surface area contributed by atoms with Crippen LogP contribution in [0.2, 0.25) is 5.02 Å². The predicted octanol–water partition coefficient (Wildman–Crippen LogP) is 6.54. The Morgan fingerprint density at radius 2 is 1.81 bits per heavy atom. The van der Waals surface area contributed by atoms with Gasteiger partial charge >= 0.3 is 0 Å². The van der Waals surface area contributed by atoms with Crippen molar-refractivity contribution < 1.29 is 14.4 Å². The summed E-state index contributed by atoms with van der Waals surface area (Å²) >= 11 is 7.53. The lowest BCUT2D eigenvalue weighted by molar-refractivity contribution is -0.479. The molecule has 8 nitrogen and oxygen atoms in total. The summed E-state index contributed by atoms with van der Waals surface area (Å²) in [5.41, 5.74) is 4.79. The molecule has 0 saturated heterocycles. The molecule has 0 fully saturated rings. The van der Waals surface area contributed by atoms with Crippen molar-refractivity contribution in [2.75, 3.05) is 13.7 Å². The van der Waals surface area contributed by atoms with Crippen molar-refractivity contribution in [3.8, 4) is 17.2 Å². The fraction of sp³-hybridized carbons (Fsp3) is 0.259. The molecule has 0 bridgehead atoms. The number of aromatic nitrogens is 3. The number of thioether (sulfide) groups is 1. The van der Waals surface area contributed by atoms with Crippen LogP contribution in [0.3, 0.4) is 0 Å². The molecule has 0 saturated carbocycles. The van der Waals surface area contributed by atoms with Gasteiger partial charge in [0.05, 0.1) is 7.11 Å². The van der Waals surface area contributed by atoms with Gasteiger partial charge in [-0.2, -0.15) is 0 Å². The molecular weight excluding hydrogens is 512 g/mol. The molecule has 0 amide bonds. The molecule has 0 aliphatic rings. The van der Waals surface area contributed by atoms with E-state index >= 15 is 0 Å². The Kier molecular flexibility index (Phi) is 8.35. The Labute approximate surface area is 224 Å². The van der Waals surface area contributed by atoms with E-state index < -0.39 is 5.25 Å². The maximum absolute atomic E-state index is 11.6. The first-order valence-electron chi connectivity index (χ1n) is 11.6. The van der Waals surface area contributed by atoms with Gasteiger partial charge in [0.15, 0.2) is 16.7 Å². The van der Waals surface area contributed by atoms with Gasteiger partial charge in [0.25, 0.3) is 0 Å². The summed E-state index contributed by atoms with van der Waals surface area (Å²) in [6, 6.07) is 18.9. The van der Waals surface area contributed by atoms with E-state index in [-0.39, 0.29) is 18.1 Å². The summed E-state index contributed by atoms with van der Waals surface area (Å²) in [7, 11) is 1.54. The Hall–Kier alpha value is -3.56. The number of methoxy groups -OCH3 is 1. The normalized spacial score (nSPS) is 11.8. The predicted molar refractivity (Wildman–Crippen MR) is 145 cm³/mol. The molecule has 192 valence electrons. The van der Waals surface area contributed by atoms with Crippen molar-refractivity contribution in [1.29, 1.82) is 0 Å². The maximum Gasteiger partial charge on any atom is 0.220 e. The largest absolute Gasteiger partial charge is 0.493 e. The molecule has 1 atom stereocenters. The summed E-state index contributed by atoms with van der Waals surface area (Å²) in [6.45, 7) is 5.93. The number of nitro groups is 1. The van der Waals surface area contributed by atoms with Crippen LogP contribution in [0, 0.1) is 30.9 Å². The molecule has 0 unspecified atom stereocenters. The van der Waals surface area contributed by atoms with E-state index in [1.54, 1.807) is 18.2 Å². The average molecular weight is 539 g/mol. The van der Waals surface area contributed by atoms with E-state index in [2.05, 4.69) is 23.2 Å². The van der Waals surface area contributed by atoms with Crippen molar-refractivity contribution in [3.63, 3.8) is 0 Å². The number of hydrogen-bond acceptors (Lipinski definition) is 7. The van der Waals surface area contributed by atoms with Gasteiger partial charge in [-0.3, -0.25) is 14.7 Å². The van der Waals surface area contributed by atoms with E-state index in [1.807, 2.05) is 54.8 Å². The minimum absolute atomic E-state index is 0.265. The first-order valence-corrected chi connectivity index (χ1v) is 12.8. The van der Waals surface area contributed by atoms with Crippen LogP contribution in [0.5, 0.6) is 11.5 Å². The zero-order chi connectivity index (χ0) is 26.5. The van der Waals surface area contributed by atoms with Crippen LogP contribution in [0.1, 0.15) is 33.3 Å². The van der Waals surface area contributed by atoms with Crippen molar-refractivity contribution in [2.45, 2.75) is 37.8 Å². The number of benzene rings is 3. The lowest BCUT2D eigenvalue weighted by Crippen LogP contribution is -2.11. The third-order valence-electron chi connectivity index (χ3n) is 6.01. The van der Waals surface area contributed by atoms with Gasteiger partial charge in [0.1, 0.15) is 17.7 Å². The van der Waals surface area contributed by atoms with Crippen molar-refractivity contribution in [2.24, 2.45) is 0 Å². The Morgan fingerprint density at radius 3 is 2.51 bits per heavy atom. The van der Waals surface area contributed by atoms with Crippen LogP contribution in [-0.4, -0.2) is 33.3 Å². The monoisotopic (exact) mass is 538 g/mol. The molecule has 1 heterocycles. The van der Waals surface area contributed by atoms with Crippen LogP contribution in [-0.2, 0) is 6.61 Å². The van der Waals surface area contributed by atoms with Gasteiger partial charge in [0, 0.05) is 21.2 Å². The molecule has 37 heavy (non-hydrogen) atoms. The minimum atomic E-state index is -0.532. The molecule has 3 aromatic carbocycles. The summed E-state index contributed by atoms with van der Waals surface area (Å²) in [6.07, 6.45) is 0. The second kappa shape index (κ2) is 11.7. The molecule has 0 radical (unpaired) electrons. The van der Waals surface area contributed by atoms with E-state index in [0.717, 1.165) is 22.4 Å². The smallest absolute Gasteiger partial charge is 0.220 e. The van der Waals surface area contributed by atoms with Gasteiger partial charge in [-0.05, 0) is 67.8 Å². The third kappa shape index (κ3) is 6.23. The summed E-state index contributed by atoms with van der Waals surface area (Å²) in [5.74, 6) is 1.70. The molecular formula is C27H27ClN4O4S. The second-order valence-electron chi connectivity index (χ2n) is 8.55. The van der Waals surface area contributed by atoms with Crippen LogP contribution in [0.25, 0.3) is 5.69 Å². The number of rotatable bonds is 10. The van der Waals surface area contributed by atoms with Gasteiger partial charge in [-0.15, -0.1) is 10.2 Å². The highest BCUT2D eigenvalue weighted by Crippen LogP contribution is 2.40. The SMILES string of the molecule is COc1cc([C@H](C[N+](=O)[O-])Sc2nnc(C)n2-c2ccc(C)c(C)c2)ccc1OCc1ccccc1Cl. The highest BCUT2D eigenvalue weighted by molar-refractivity contribution is 7.99. The highest BCUT2D eigenvalue weighted by atomic mass is 35.5. The van der Waals surface area contributed by atoms with Crippen LogP contribution < -0.4 is 9.47 Å². The standard InChI is InChI=1S/C27H27ClN4O4S/c1-17-9-11-22(13-18(17)2)32-19(3)29-30-27(32)37-26(15-31(33)34)20-10-12-24(25(14-20)35-4)36-16-21-7-5-6-8-23(21)28/h5-14,26H,15-16H2,1-4H3/t26-/m0/s1. The first-order chi connectivity index (χ1) is 17.8. The van der Waals surface area contributed by atoms with E-state index in [1.165, 1.54) is 24.4 Å². The van der Waals surface area contributed by atoms with Crippen molar-refractivity contribution in [3.05, 3.63) is 104 Å². The summed E-state index contributed by atoms with van der Waals surface area (Å²) in [5, 5.41) is 20.8. The topological polar surface area (TPSA) is 92.3 Å². The Balaban J connectivity index is 1.62. The van der Waals surface area contributed by atoms with Crippen molar-refractivity contribution in [1.82, 2.24) is 14.8 Å². The molecule has 0 N–H and O–H groups in total. The molecule has 0 aliphatic heterocycles. The number of aryl methyl sites for hydroxylation is 3. The van der Waals surface area contributed by atoms with E-state index in [0.29, 0.717) is 27.5 Å². The van der Waals surface area contributed by atoms with Crippen molar-refractivity contribution >= 4 is 23.4 Å². The fourth-order valence-electron chi connectivity index (χ4n) is 3.83. The number of ether oxygens (including phenoxy) is 2. The fourth-order valence-corrected chi connectivity index (χ4v) is 5.18. The lowest BCUT2D eigenvalue weighted by atomic mass is 10.1. The Morgan fingerprint density at radius 1 is 1.03 bits per heavy atom. The summed E-state index contributed by atoms with van der Waals surface area (Å²) in [4.78, 5) is 11.3. The molecule has 4 aromatic rings. The molecule has 0 spiro atoms. The second-order valence-corrected chi connectivity index (χ2v) is 10.1. The maximum atomic E-state index is 11.6. The highest BCUT2D eigenvalue weighted by Gasteiger charge is 2.25. The summed E-state index contributed by atoms with van der Waals surface area (Å²) < 4.78 is 13.4. The lowest BCUT2D eigenvalue weighted by Gasteiger charge is -2.17. The third-order valence-corrected chi connectivity index (χ3v) is 7.56. The zero-order valence-electron chi connectivity index (χ0n) is 21.0. The van der Waals surface area contributed by atoms with E-state index in [4.69, 9.17) is 21.1 Å². The molecule has 10 heteroatoms. The zero-order valence-corrected chi connectivity index (χ0v) is 22.5. The average Bonchev–Trinajstić information content (AvgIpc) is 3.24. The molecule has 4 rings (SSSR count). The van der Waals surface area contributed by atoms with Crippen LogP contribution >= 0.6 is 23.4 Å². The quantitative estimate of drug-likeness (QED) is 0.128. The first kappa shape index (κ1) is 26.5. The van der Waals surface area contributed by atoms with Gasteiger partial charge < -0.3 is 9.47 Å². The van der Waals surface area contributed by atoms with E-state index in [9.17, 15) is 10.1 Å².